The lowest BCUT2D eigenvalue weighted by Crippen LogP contribution is -2.43. The van der Waals surface area contributed by atoms with E-state index in [1.54, 1.807) is 34.8 Å². The second-order valence-electron chi connectivity index (χ2n) is 6.85. The van der Waals surface area contributed by atoms with Crippen LogP contribution >= 0.6 is 0 Å². The summed E-state index contributed by atoms with van der Waals surface area (Å²) in [6, 6.07) is 5.75. The third-order valence-electron chi connectivity index (χ3n) is 4.83. The number of carbonyl (C=O) groups is 2. The van der Waals surface area contributed by atoms with E-state index in [2.05, 4.69) is 10.4 Å². The quantitative estimate of drug-likeness (QED) is 0.819. The normalized spacial score (nSPS) is 19.3. The molecule has 0 radical (unpaired) electrons. The van der Waals surface area contributed by atoms with Crippen molar-refractivity contribution in [3.8, 4) is 0 Å². The number of hydrogen-bond donors (Lipinski definition) is 2. The highest BCUT2D eigenvalue weighted by molar-refractivity contribution is 5.98. The first kappa shape index (κ1) is 19.7. The highest BCUT2D eigenvalue weighted by Gasteiger charge is 2.32. The molecule has 0 aliphatic carbocycles. The number of primary amides is 1. The second kappa shape index (κ2) is 8.28. The number of anilines is 2. The Bertz CT molecular complexity index is 852. The van der Waals surface area contributed by atoms with Crippen molar-refractivity contribution in [1.29, 1.82) is 0 Å². The first-order chi connectivity index (χ1) is 13.4. The molecular weight excluding hydrogens is 365 g/mol. The van der Waals surface area contributed by atoms with Gasteiger partial charge in [-0.1, -0.05) is 6.92 Å². The van der Waals surface area contributed by atoms with Crippen LogP contribution in [0.1, 0.15) is 36.7 Å². The van der Waals surface area contributed by atoms with Crippen molar-refractivity contribution >= 4 is 23.5 Å². The first-order valence-corrected chi connectivity index (χ1v) is 9.22. The predicted octanol–water partition coefficient (Wildman–Crippen LogP) is 2.90. The maximum atomic E-state index is 13.1. The zero-order chi connectivity index (χ0) is 20.3. The molecular formula is C19H24FN5O3. The van der Waals surface area contributed by atoms with Crippen molar-refractivity contribution in [2.24, 2.45) is 11.7 Å². The number of likely N-dealkylation sites (tertiary alicyclic amines) is 1. The number of nitrogens with two attached hydrogens (primary N) is 1. The van der Waals surface area contributed by atoms with E-state index in [0.29, 0.717) is 37.6 Å². The molecule has 1 aliphatic heterocycles. The number of amides is 2. The lowest BCUT2D eigenvalue weighted by molar-refractivity contribution is 0.0753. The Hall–Kier alpha value is -3.10. The minimum atomic E-state index is -0.604. The number of nitrogens with zero attached hydrogens (tertiary/aromatic N) is 3. The fourth-order valence-corrected chi connectivity index (χ4v) is 3.41. The van der Waals surface area contributed by atoms with E-state index in [1.165, 1.54) is 12.1 Å². The number of piperidine rings is 1. The van der Waals surface area contributed by atoms with Gasteiger partial charge in [-0.2, -0.15) is 5.10 Å². The van der Waals surface area contributed by atoms with Gasteiger partial charge in [0.2, 0.25) is 0 Å². The van der Waals surface area contributed by atoms with Crippen molar-refractivity contribution in [1.82, 2.24) is 14.7 Å². The van der Waals surface area contributed by atoms with E-state index in [0.717, 1.165) is 0 Å². The van der Waals surface area contributed by atoms with Crippen LogP contribution in [-0.4, -0.2) is 46.4 Å². The molecule has 9 heteroatoms. The van der Waals surface area contributed by atoms with Gasteiger partial charge in [-0.15, -0.1) is 0 Å². The molecule has 1 fully saturated rings. The van der Waals surface area contributed by atoms with E-state index in [-0.39, 0.29) is 29.4 Å². The Morgan fingerprint density at radius 2 is 2.07 bits per heavy atom. The summed E-state index contributed by atoms with van der Waals surface area (Å²) in [6.07, 6.45) is 1.98. The molecule has 3 rings (SSSR count). The molecule has 0 spiro atoms. The molecule has 1 aliphatic rings. The summed E-state index contributed by atoms with van der Waals surface area (Å²) in [5, 5.41) is 7.52. The standard InChI is InChI=1S/C19H24FN5O3/c1-3-28-19(27)24-9-8-16(12(2)10-24)25-11-15(17(21)26)18(23-25)22-14-6-4-13(20)5-7-14/h4-7,11-12,16H,3,8-10H2,1-2H3,(H2,21,26)(H,22,23)/t12-,16-/m1/s1. The van der Waals surface area contributed by atoms with Crippen molar-refractivity contribution in [2.75, 3.05) is 25.0 Å². The van der Waals surface area contributed by atoms with Crippen LogP contribution < -0.4 is 11.1 Å². The van der Waals surface area contributed by atoms with Gasteiger partial charge >= 0.3 is 6.09 Å². The Labute approximate surface area is 162 Å². The predicted molar refractivity (Wildman–Crippen MR) is 102 cm³/mol. The van der Waals surface area contributed by atoms with Gasteiger partial charge in [0.15, 0.2) is 5.82 Å². The molecule has 28 heavy (non-hydrogen) atoms. The van der Waals surface area contributed by atoms with Crippen LogP contribution in [0, 0.1) is 11.7 Å². The van der Waals surface area contributed by atoms with Gasteiger partial charge in [-0.05, 0) is 43.5 Å². The van der Waals surface area contributed by atoms with Crippen LogP contribution in [0.5, 0.6) is 0 Å². The molecule has 1 saturated heterocycles. The van der Waals surface area contributed by atoms with Gasteiger partial charge in [0, 0.05) is 25.0 Å². The maximum Gasteiger partial charge on any atom is 0.409 e. The largest absolute Gasteiger partial charge is 0.450 e. The number of rotatable bonds is 5. The molecule has 150 valence electrons. The second-order valence-corrected chi connectivity index (χ2v) is 6.85. The fourth-order valence-electron chi connectivity index (χ4n) is 3.41. The molecule has 2 heterocycles. The average molecular weight is 389 g/mol. The Kier molecular flexibility index (Phi) is 5.81. The van der Waals surface area contributed by atoms with Gasteiger partial charge in [-0.3, -0.25) is 9.48 Å². The number of ether oxygens (including phenoxy) is 1. The highest BCUT2D eigenvalue weighted by atomic mass is 19.1. The number of carbonyl (C=O) groups excluding carboxylic acids is 2. The Morgan fingerprint density at radius 1 is 1.36 bits per heavy atom. The van der Waals surface area contributed by atoms with E-state index in [4.69, 9.17) is 10.5 Å². The van der Waals surface area contributed by atoms with E-state index < -0.39 is 5.91 Å². The zero-order valence-electron chi connectivity index (χ0n) is 15.9. The van der Waals surface area contributed by atoms with Gasteiger partial charge < -0.3 is 20.7 Å². The number of nitrogens with one attached hydrogen (secondary N) is 1. The number of benzene rings is 1. The van der Waals surface area contributed by atoms with Gasteiger partial charge in [0.1, 0.15) is 11.4 Å². The van der Waals surface area contributed by atoms with Crippen molar-refractivity contribution in [3.63, 3.8) is 0 Å². The van der Waals surface area contributed by atoms with E-state index in [9.17, 15) is 14.0 Å². The summed E-state index contributed by atoms with van der Waals surface area (Å²) in [6.45, 7) is 5.22. The topological polar surface area (TPSA) is 102 Å². The van der Waals surface area contributed by atoms with Crippen LogP contribution in [-0.2, 0) is 4.74 Å². The van der Waals surface area contributed by atoms with Gasteiger partial charge in [0.25, 0.3) is 5.91 Å². The molecule has 0 unspecified atom stereocenters. The van der Waals surface area contributed by atoms with Crippen molar-refractivity contribution in [2.45, 2.75) is 26.3 Å². The Morgan fingerprint density at radius 3 is 2.68 bits per heavy atom. The fraction of sp³-hybridized carbons (Fsp3) is 0.421. The molecule has 2 aromatic rings. The van der Waals surface area contributed by atoms with Gasteiger partial charge in [0.05, 0.1) is 12.6 Å². The summed E-state index contributed by atoms with van der Waals surface area (Å²) in [7, 11) is 0. The molecule has 1 aromatic heterocycles. The van der Waals surface area contributed by atoms with Crippen LogP contribution in [0.4, 0.5) is 20.7 Å². The summed E-state index contributed by atoms with van der Waals surface area (Å²) < 4.78 is 19.9. The van der Waals surface area contributed by atoms with Crippen molar-refractivity contribution < 1.29 is 18.7 Å². The first-order valence-electron chi connectivity index (χ1n) is 9.22. The lowest BCUT2D eigenvalue weighted by atomic mass is 9.94. The number of hydrogen-bond acceptors (Lipinski definition) is 5. The number of halogens is 1. The van der Waals surface area contributed by atoms with Crippen LogP contribution in [0.3, 0.4) is 0 Å². The zero-order valence-corrected chi connectivity index (χ0v) is 15.9. The molecule has 3 N–H and O–H groups in total. The lowest BCUT2D eigenvalue weighted by Gasteiger charge is -2.36. The van der Waals surface area contributed by atoms with E-state index >= 15 is 0 Å². The Balaban J connectivity index is 1.78. The summed E-state index contributed by atoms with van der Waals surface area (Å²) in [5.74, 6) is -0.530. The SMILES string of the molecule is CCOC(=O)N1CC[C@@H](n2cc(C(N)=O)c(Nc3ccc(F)cc3)n2)[C@H](C)C1. The smallest absolute Gasteiger partial charge is 0.409 e. The molecule has 2 amide bonds. The van der Waals surface area contributed by atoms with Crippen LogP contribution in [0.25, 0.3) is 0 Å². The number of aromatic nitrogens is 2. The minimum Gasteiger partial charge on any atom is -0.450 e. The molecule has 2 atom stereocenters. The van der Waals surface area contributed by atoms with Gasteiger partial charge in [-0.25, -0.2) is 9.18 Å². The van der Waals surface area contributed by atoms with Crippen molar-refractivity contribution in [3.05, 3.63) is 41.8 Å². The minimum absolute atomic E-state index is 0.00699. The van der Waals surface area contributed by atoms with E-state index in [1.807, 2.05) is 6.92 Å². The summed E-state index contributed by atoms with van der Waals surface area (Å²) in [5.41, 5.74) is 6.35. The average Bonchev–Trinajstić information content (AvgIpc) is 3.07. The van der Waals surface area contributed by atoms with Crippen LogP contribution in [0.2, 0.25) is 0 Å². The third kappa shape index (κ3) is 4.24. The molecule has 1 aromatic carbocycles. The summed E-state index contributed by atoms with van der Waals surface area (Å²) in [4.78, 5) is 25.5. The molecule has 0 saturated carbocycles. The highest BCUT2D eigenvalue weighted by Crippen LogP contribution is 2.30. The maximum absolute atomic E-state index is 13.1. The molecule has 8 nitrogen and oxygen atoms in total. The van der Waals surface area contributed by atoms with Crippen LogP contribution in [0.15, 0.2) is 30.5 Å². The molecule has 0 bridgehead atoms. The summed E-state index contributed by atoms with van der Waals surface area (Å²) >= 11 is 0. The third-order valence-corrected chi connectivity index (χ3v) is 4.83. The monoisotopic (exact) mass is 389 g/mol.